The SMILES string of the molecule is COc1ccc(CO/N=C(/[C@H](C)OC)[C@@H](O)[C@@H](C)O)cc1. The van der Waals surface area contributed by atoms with E-state index in [4.69, 9.17) is 14.3 Å². The van der Waals surface area contributed by atoms with Gasteiger partial charge in [0.2, 0.25) is 0 Å². The number of oxime groups is 1. The van der Waals surface area contributed by atoms with Gasteiger partial charge in [-0.05, 0) is 31.5 Å². The van der Waals surface area contributed by atoms with Gasteiger partial charge in [0.25, 0.3) is 0 Å². The molecule has 0 fully saturated rings. The van der Waals surface area contributed by atoms with E-state index in [0.717, 1.165) is 11.3 Å². The molecule has 6 nitrogen and oxygen atoms in total. The highest BCUT2D eigenvalue weighted by molar-refractivity contribution is 5.92. The third-order valence-electron chi connectivity index (χ3n) is 3.09. The molecule has 0 saturated heterocycles. The van der Waals surface area contributed by atoms with E-state index in [0.29, 0.717) is 0 Å². The molecule has 0 aliphatic rings. The number of nitrogens with zero attached hydrogens (tertiary/aromatic N) is 1. The standard InChI is InChI=1S/C15H23NO5/c1-10(17)15(18)14(11(2)19-3)16-21-9-12-5-7-13(20-4)8-6-12/h5-8,10-11,15,17-18H,9H2,1-4H3/b16-14-/t10-,11+,15+/m1/s1. The van der Waals surface area contributed by atoms with Crippen LogP contribution in [0.4, 0.5) is 0 Å². The molecule has 0 amide bonds. The minimum atomic E-state index is -1.13. The zero-order valence-electron chi connectivity index (χ0n) is 12.8. The first-order valence-corrected chi connectivity index (χ1v) is 6.71. The number of aliphatic hydroxyl groups excluding tert-OH is 2. The maximum absolute atomic E-state index is 9.90. The van der Waals surface area contributed by atoms with Gasteiger partial charge in [0, 0.05) is 7.11 Å². The first kappa shape index (κ1) is 17.4. The van der Waals surface area contributed by atoms with Crippen molar-refractivity contribution in [1.82, 2.24) is 0 Å². The second-order valence-electron chi connectivity index (χ2n) is 4.70. The molecule has 0 unspecified atom stereocenters. The number of methoxy groups -OCH3 is 2. The van der Waals surface area contributed by atoms with Crippen molar-refractivity contribution in [1.29, 1.82) is 0 Å². The Balaban J connectivity index is 2.68. The van der Waals surface area contributed by atoms with Gasteiger partial charge in [0.15, 0.2) is 0 Å². The van der Waals surface area contributed by atoms with Crippen LogP contribution in [0.2, 0.25) is 0 Å². The zero-order chi connectivity index (χ0) is 15.8. The zero-order valence-corrected chi connectivity index (χ0v) is 12.8. The first-order valence-electron chi connectivity index (χ1n) is 6.71. The Morgan fingerprint density at radius 2 is 1.76 bits per heavy atom. The number of rotatable bonds is 8. The Hall–Kier alpha value is -1.63. The maximum atomic E-state index is 9.90. The van der Waals surface area contributed by atoms with Crippen molar-refractivity contribution in [3.8, 4) is 5.75 Å². The van der Waals surface area contributed by atoms with Crippen molar-refractivity contribution in [2.75, 3.05) is 14.2 Å². The molecule has 0 saturated carbocycles. The fourth-order valence-electron chi connectivity index (χ4n) is 1.64. The van der Waals surface area contributed by atoms with Gasteiger partial charge in [-0.15, -0.1) is 0 Å². The second kappa shape index (κ2) is 8.61. The quantitative estimate of drug-likeness (QED) is 0.559. The molecule has 6 heteroatoms. The van der Waals surface area contributed by atoms with Gasteiger partial charge in [-0.25, -0.2) is 0 Å². The van der Waals surface area contributed by atoms with Gasteiger partial charge < -0.3 is 24.5 Å². The molecular formula is C15H23NO5. The van der Waals surface area contributed by atoms with E-state index in [1.807, 2.05) is 24.3 Å². The van der Waals surface area contributed by atoms with Gasteiger partial charge >= 0.3 is 0 Å². The van der Waals surface area contributed by atoms with Crippen LogP contribution in [0.15, 0.2) is 29.4 Å². The van der Waals surface area contributed by atoms with Crippen LogP contribution >= 0.6 is 0 Å². The summed E-state index contributed by atoms with van der Waals surface area (Å²) in [5.74, 6) is 0.764. The lowest BCUT2D eigenvalue weighted by Gasteiger charge is -2.20. The van der Waals surface area contributed by atoms with Crippen molar-refractivity contribution < 1.29 is 24.5 Å². The molecule has 1 rings (SSSR count). The van der Waals surface area contributed by atoms with Crippen LogP contribution in [0.1, 0.15) is 19.4 Å². The lowest BCUT2D eigenvalue weighted by Crippen LogP contribution is -2.39. The largest absolute Gasteiger partial charge is 0.497 e. The van der Waals surface area contributed by atoms with Gasteiger partial charge in [0.1, 0.15) is 24.2 Å². The molecule has 1 aromatic rings. The topological polar surface area (TPSA) is 80.5 Å². The van der Waals surface area contributed by atoms with E-state index < -0.39 is 18.3 Å². The molecule has 2 N–H and O–H groups in total. The Labute approximate surface area is 124 Å². The van der Waals surface area contributed by atoms with Gasteiger partial charge in [-0.2, -0.15) is 0 Å². The van der Waals surface area contributed by atoms with Crippen LogP contribution in [-0.2, 0) is 16.2 Å². The summed E-state index contributed by atoms with van der Waals surface area (Å²) in [4.78, 5) is 5.25. The number of hydrogen-bond donors (Lipinski definition) is 2. The van der Waals surface area contributed by atoms with Crippen LogP contribution in [0.3, 0.4) is 0 Å². The Bertz CT molecular complexity index is 444. The maximum Gasteiger partial charge on any atom is 0.142 e. The van der Waals surface area contributed by atoms with Gasteiger partial charge in [-0.1, -0.05) is 17.3 Å². The third kappa shape index (κ3) is 5.34. The van der Waals surface area contributed by atoms with Crippen molar-refractivity contribution in [3.05, 3.63) is 29.8 Å². The van der Waals surface area contributed by atoms with Crippen molar-refractivity contribution in [3.63, 3.8) is 0 Å². The monoisotopic (exact) mass is 297 g/mol. The van der Waals surface area contributed by atoms with Crippen molar-refractivity contribution >= 4 is 5.71 Å². The van der Waals surface area contributed by atoms with Crippen LogP contribution in [0, 0.1) is 0 Å². The van der Waals surface area contributed by atoms with E-state index in [1.165, 1.54) is 14.0 Å². The van der Waals surface area contributed by atoms with Crippen LogP contribution in [0.5, 0.6) is 5.75 Å². The minimum absolute atomic E-state index is 0.246. The fourth-order valence-corrected chi connectivity index (χ4v) is 1.64. The summed E-state index contributed by atoms with van der Waals surface area (Å²) in [5.41, 5.74) is 1.16. The molecule has 118 valence electrons. The van der Waals surface area contributed by atoms with E-state index in [-0.39, 0.29) is 12.3 Å². The second-order valence-corrected chi connectivity index (χ2v) is 4.70. The smallest absolute Gasteiger partial charge is 0.142 e. The van der Waals surface area contributed by atoms with Gasteiger partial charge in [-0.3, -0.25) is 0 Å². The highest BCUT2D eigenvalue weighted by Gasteiger charge is 2.24. The molecular weight excluding hydrogens is 274 g/mol. The third-order valence-corrected chi connectivity index (χ3v) is 3.09. The van der Waals surface area contributed by atoms with E-state index in [1.54, 1.807) is 14.0 Å². The molecule has 0 bridgehead atoms. The summed E-state index contributed by atoms with van der Waals surface area (Å²) in [6.07, 6.45) is -2.53. The lowest BCUT2D eigenvalue weighted by molar-refractivity contribution is 0.0525. The molecule has 0 heterocycles. The number of aliphatic hydroxyl groups is 2. The number of benzene rings is 1. The summed E-state index contributed by atoms with van der Waals surface area (Å²) >= 11 is 0. The van der Waals surface area contributed by atoms with E-state index in [9.17, 15) is 10.2 Å². The summed E-state index contributed by atoms with van der Waals surface area (Å²) in [6.45, 7) is 3.45. The van der Waals surface area contributed by atoms with Crippen LogP contribution < -0.4 is 4.74 Å². The summed E-state index contributed by atoms with van der Waals surface area (Å²) < 4.78 is 10.2. The van der Waals surface area contributed by atoms with Crippen molar-refractivity contribution in [2.24, 2.45) is 5.16 Å². The molecule has 0 radical (unpaired) electrons. The Kier molecular flexibility index (Phi) is 7.14. The average Bonchev–Trinajstić information content (AvgIpc) is 2.50. The molecule has 21 heavy (non-hydrogen) atoms. The predicted octanol–water partition coefficient (Wildman–Crippen LogP) is 1.34. The number of ether oxygens (including phenoxy) is 2. The lowest BCUT2D eigenvalue weighted by atomic mass is 10.1. The Morgan fingerprint density at radius 3 is 2.24 bits per heavy atom. The summed E-state index contributed by atoms with van der Waals surface area (Å²) in [6, 6.07) is 7.37. The average molecular weight is 297 g/mol. The van der Waals surface area contributed by atoms with Crippen LogP contribution in [-0.4, -0.2) is 48.5 Å². The normalized spacial score (nSPS) is 16.2. The van der Waals surface area contributed by atoms with Gasteiger partial charge in [0.05, 0.1) is 19.3 Å². The highest BCUT2D eigenvalue weighted by atomic mass is 16.6. The van der Waals surface area contributed by atoms with Crippen molar-refractivity contribution in [2.45, 2.75) is 38.8 Å². The number of hydrogen-bond acceptors (Lipinski definition) is 6. The summed E-state index contributed by atoms with van der Waals surface area (Å²) in [7, 11) is 3.10. The van der Waals surface area contributed by atoms with E-state index >= 15 is 0 Å². The fraction of sp³-hybridized carbons (Fsp3) is 0.533. The van der Waals surface area contributed by atoms with E-state index in [2.05, 4.69) is 5.16 Å². The Morgan fingerprint density at radius 1 is 1.14 bits per heavy atom. The van der Waals surface area contributed by atoms with Crippen LogP contribution in [0.25, 0.3) is 0 Å². The predicted molar refractivity (Wildman–Crippen MR) is 79.4 cm³/mol. The molecule has 0 aliphatic heterocycles. The molecule has 0 spiro atoms. The molecule has 0 aromatic heterocycles. The molecule has 1 aromatic carbocycles. The summed E-state index contributed by atoms with van der Waals surface area (Å²) in [5, 5.41) is 23.3. The minimum Gasteiger partial charge on any atom is -0.497 e. The molecule has 0 aliphatic carbocycles. The first-order chi connectivity index (χ1) is 9.99. The highest BCUT2D eigenvalue weighted by Crippen LogP contribution is 2.12. The molecule has 3 atom stereocenters.